The van der Waals surface area contributed by atoms with Crippen LogP contribution in [0, 0.1) is 0 Å². The monoisotopic (exact) mass is 280 g/mol. The third-order valence-corrected chi connectivity index (χ3v) is 3.55. The number of fused-ring (bicyclic) bond motifs is 1. The lowest BCUT2D eigenvalue weighted by molar-refractivity contribution is -0.139. The Hall–Kier alpha value is -2.62. The van der Waals surface area contributed by atoms with Gasteiger partial charge in [-0.05, 0) is 21.9 Å². The molecule has 0 aliphatic carbocycles. The zero-order valence-corrected chi connectivity index (χ0v) is 11.8. The summed E-state index contributed by atoms with van der Waals surface area (Å²) in [6.07, 6.45) is 4.60. The average Bonchev–Trinajstić information content (AvgIpc) is 3.01. The number of aromatic amines is 1. The number of hydrogen-bond donors (Lipinski definition) is 1. The molecule has 0 saturated carbocycles. The van der Waals surface area contributed by atoms with Crippen molar-refractivity contribution in [2.24, 2.45) is 0 Å². The molecular weight excluding hydrogens is 264 g/mol. The number of ether oxygens (including phenoxy) is 1. The van der Waals surface area contributed by atoms with E-state index in [1.165, 1.54) is 18.1 Å². The molecule has 2 aromatic carbocycles. The van der Waals surface area contributed by atoms with E-state index in [-0.39, 0.29) is 5.97 Å². The van der Waals surface area contributed by atoms with Crippen LogP contribution in [0.2, 0.25) is 0 Å². The molecule has 0 radical (unpaired) electrons. The van der Waals surface area contributed by atoms with Gasteiger partial charge in [0.15, 0.2) is 0 Å². The van der Waals surface area contributed by atoms with E-state index in [1.54, 1.807) is 6.33 Å². The highest BCUT2D eigenvalue weighted by molar-refractivity contribution is 5.87. The first-order valence-electron chi connectivity index (χ1n) is 6.81. The molecule has 21 heavy (non-hydrogen) atoms. The Labute approximate surface area is 122 Å². The van der Waals surface area contributed by atoms with Crippen LogP contribution in [0.25, 0.3) is 10.8 Å². The zero-order valence-electron chi connectivity index (χ0n) is 11.8. The third-order valence-electron chi connectivity index (χ3n) is 3.55. The van der Waals surface area contributed by atoms with Gasteiger partial charge in [-0.15, -0.1) is 0 Å². The van der Waals surface area contributed by atoms with Gasteiger partial charge >= 0.3 is 5.97 Å². The molecule has 0 saturated heterocycles. The minimum absolute atomic E-state index is 0.222. The van der Waals surface area contributed by atoms with E-state index < -0.39 is 0 Å². The van der Waals surface area contributed by atoms with Crippen LogP contribution < -0.4 is 0 Å². The molecule has 1 aromatic heterocycles. The van der Waals surface area contributed by atoms with Gasteiger partial charge in [-0.1, -0.05) is 36.4 Å². The number of nitrogens with zero attached hydrogens (tertiary/aromatic N) is 1. The summed E-state index contributed by atoms with van der Waals surface area (Å²) in [5.74, 6) is -0.222. The first-order chi connectivity index (χ1) is 10.3. The van der Waals surface area contributed by atoms with Crippen molar-refractivity contribution in [2.75, 3.05) is 7.11 Å². The van der Waals surface area contributed by atoms with E-state index in [1.807, 2.05) is 24.4 Å². The molecule has 0 spiro atoms. The van der Waals surface area contributed by atoms with Gasteiger partial charge in [-0.3, -0.25) is 4.79 Å². The van der Waals surface area contributed by atoms with Crippen molar-refractivity contribution in [2.45, 2.75) is 12.8 Å². The second-order valence-electron chi connectivity index (χ2n) is 4.98. The number of methoxy groups -OCH3 is 1. The summed E-state index contributed by atoms with van der Waals surface area (Å²) in [5.41, 5.74) is 3.25. The van der Waals surface area contributed by atoms with Crippen LogP contribution in [0.1, 0.15) is 16.8 Å². The summed E-state index contributed by atoms with van der Waals surface area (Å²) in [4.78, 5) is 18.6. The fraction of sp³-hybridized carbons (Fsp3) is 0.176. The van der Waals surface area contributed by atoms with Gasteiger partial charge in [0.25, 0.3) is 0 Å². The van der Waals surface area contributed by atoms with Crippen LogP contribution in [0.5, 0.6) is 0 Å². The van der Waals surface area contributed by atoms with Crippen LogP contribution >= 0.6 is 0 Å². The smallest absolute Gasteiger partial charge is 0.309 e. The van der Waals surface area contributed by atoms with E-state index in [4.69, 9.17) is 4.74 Å². The summed E-state index contributed by atoms with van der Waals surface area (Å²) >= 11 is 0. The number of esters is 1. The van der Waals surface area contributed by atoms with Crippen molar-refractivity contribution in [1.82, 2.24) is 9.97 Å². The Kier molecular flexibility index (Phi) is 3.69. The molecule has 0 fully saturated rings. The first kappa shape index (κ1) is 13.4. The van der Waals surface area contributed by atoms with Gasteiger partial charge in [-0.25, -0.2) is 4.98 Å². The summed E-state index contributed by atoms with van der Waals surface area (Å²) in [5, 5.41) is 2.33. The third kappa shape index (κ3) is 2.94. The SMILES string of the molecule is COC(=O)Cc1ccc2cccc(Cc3cnc[nH]3)c2c1. The van der Waals surface area contributed by atoms with Gasteiger partial charge in [0.05, 0.1) is 19.9 Å². The summed E-state index contributed by atoms with van der Waals surface area (Å²) in [7, 11) is 1.41. The lowest BCUT2D eigenvalue weighted by Crippen LogP contribution is -2.04. The molecular formula is C17H16N2O2. The minimum Gasteiger partial charge on any atom is -0.469 e. The number of carbonyl (C=O) groups is 1. The number of H-pyrrole nitrogens is 1. The lowest BCUT2D eigenvalue weighted by atomic mass is 9.98. The highest BCUT2D eigenvalue weighted by Gasteiger charge is 2.07. The van der Waals surface area contributed by atoms with Gasteiger partial charge < -0.3 is 9.72 Å². The molecule has 0 aliphatic rings. The predicted octanol–water partition coefficient (Wildman–Crippen LogP) is 2.87. The number of imidazole rings is 1. The largest absolute Gasteiger partial charge is 0.469 e. The molecule has 0 unspecified atom stereocenters. The molecule has 0 amide bonds. The van der Waals surface area contributed by atoms with E-state index in [0.717, 1.165) is 23.1 Å². The quantitative estimate of drug-likeness (QED) is 0.748. The summed E-state index contributed by atoms with van der Waals surface area (Å²) in [6, 6.07) is 12.3. The van der Waals surface area contributed by atoms with E-state index in [2.05, 4.69) is 28.2 Å². The molecule has 106 valence electrons. The topological polar surface area (TPSA) is 55.0 Å². The van der Waals surface area contributed by atoms with Gasteiger partial charge in [0.2, 0.25) is 0 Å². The highest BCUT2D eigenvalue weighted by Crippen LogP contribution is 2.22. The second kappa shape index (κ2) is 5.79. The standard InChI is InChI=1S/C17H16N2O2/c1-21-17(20)8-12-5-6-13-3-2-4-14(16(13)7-12)9-15-10-18-11-19-15/h2-7,10-11H,8-9H2,1H3,(H,18,19). The molecule has 0 bridgehead atoms. The first-order valence-corrected chi connectivity index (χ1v) is 6.81. The van der Waals surface area contributed by atoms with Crippen LogP contribution in [-0.4, -0.2) is 23.0 Å². The minimum atomic E-state index is -0.222. The number of hydrogen-bond acceptors (Lipinski definition) is 3. The fourth-order valence-corrected chi connectivity index (χ4v) is 2.47. The Bertz CT molecular complexity index is 764. The maximum atomic E-state index is 11.4. The maximum absolute atomic E-state index is 11.4. The number of rotatable bonds is 4. The normalized spacial score (nSPS) is 10.7. The molecule has 3 aromatic rings. The predicted molar refractivity (Wildman–Crippen MR) is 81.1 cm³/mol. The molecule has 4 heteroatoms. The van der Waals surface area contributed by atoms with Crippen molar-refractivity contribution in [3.63, 3.8) is 0 Å². The van der Waals surface area contributed by atoms with Crippen LogP contribution in [0.3, 0.4) is 0 Å². The number of carbonyl (C=O) groups excluding carboxylic acids is 1. The fourth-order valence-electron chi connectivity index (χ4n) is 2.47. The van der Waals surface area contributed by atoms with Crippen molar-refractivity contribution in [1.29, 1.82) is 0 Å². The molecule has 0 atom stereocenters. The van der Waals surface area contributed by atoms with Gasteiger partial charge in [0.1, 0.15) is 0 Å². The van der Waals surface area contributed by atoms with E-state index in [0.29, 0.717) is 6.42 Å². The Balaban J connectivity index is 1.99. The Morgan fingerprint density at radius 2 is 2.19 bits per heavy atom. The summed E-state index contributed by atoms with van der Waals surface area (Å²) in [6.45, 7) is 0. The van der Waals surface area contributed by atoms with Crippen LogP contribution in [0.4, 0.5) is 0 Å². The van der Waals surface area contributed by atoms with Crippen molar-refractivity contribution >= 4 is 16.7 Å². The molecule has 1 N–H and O–H groups in total. The van der Waals surface area contributed by atoms with Crippen molar-refractivity contribution < 1.29 is 9.53 Å². The van der Waals surface area contributed by atoms with Crippen molar-refractivity contribution in [3.05, 3.63) is 65.7 Å². The van der Waals surface area contributed by atoms with Gasteiger partial charge in [-0.2, -0.15) is 0 Å². The Morgan fingerprint density at radius 1 is 1.29 bits per heavy atom. The Morgan fingerprint density at radius 3 is 2.95 bits per heavy atom. The average molecular weight is 280 g/mol. The highest BCUT2D eigenvalue weighted by atomic mass is 16.5. The molecule has 0 aliphatic heterocycles. The van der Waals surface area contributed by atoms with Gasteiger partial charge in [0, 0.05) is 18.3 Å². The number of aromatic nitrogens is 2. The van der Waals surface area contributed by atoms with E-state index >= 15 is 0 Å². The van der Waals surface area contributed by atoms with E-state index in [9.17, 15) is 4.79 Å². The maximum Gasteiger partial charge on any atom is 0.309 e. The number of nitrogens with one attached hydrogen (secondary N) is 1. The van der Waals surface area contributed by atoms with Crippen molar-refractivity contribution in [3.8, 4) is 0 Å². The molecule has 3 rings (SSSR count). The van der Waals surface area contributed by atoms with Crippen LogP contribution in [0.15, 0.2) is 48.9 Å². The molecule has 1 heterocycles. The number of benzene rings is 2. The zero-order chi connectivity index (χ0) is 14.7. The second-order valence-corrected chi connectivity index (χ2v) is 4.98. The lowest BCUT2D eigenvalue weighted by Gasteiger charge is -2.08. The van der Waals surface area contributed by atoms with Crippen LogP contribution in [-0.2, 0) is 22.4 Å². The summed E-state index contributed by atoms with van der Waals surface area (Å²) < 4.78 is 4.73. The molecule has 4 nitrogen and oxygen atoms in total.